The van der Waals surface area contributed by atoms with Gasteiger partial charge >= 0.3 is 0 Å². The van der Waals surface area contributed by atoms with E-state index in [1.807, 2.05) is 38.7 Å². The number of aliphatic hydroxyl groups is 1. The molecule has 0 aliphatic rings. The number of imidazole rings is 1. The van der Waals surface area contributed by atoms with E-state index in [9.17, 15) is 5.11 Å². The lowest BCUT2D eigenvalue weighted by molar-refractivity contribution is 0.0708. The number of nitrogens with zero attached hydrogens (tertiary/aromatic N) is 3. The number of likely N-dealkylation sites (N-methyl/N-ethyl adjacent to an activating group) is 1. The van der Waals surface area contributed by atoms with Gasteiger partial charge < -0.3 is 9.67 Å². The fourth-order valence-corrected chi connectivity index (χ4v) is 1.10. The van der Waals surface area contributed by atoms with Crippen molar-refractivity contribution in [2.75, 3.05) is 13.7 Å². The van der Waals surface area contributed by atoms with Gasteiger partial charge in [-0.1, -0.05) is 0 Å². The molecular weight excluding hydrogens is 178 g/mol. The Kier molecular flexibility index (Phi) is 3.29. The molecule has 1 aromatic rings. The normalized spacial score (nSPS) is 12.4. The molecular formula is C10H19N3O. The molecule has 0 aromatic carbocycles. The molecule has 0 unspecified atom stereocenters. The number of hydrogen-bond donors (Lipinski definition) is 1. The molecule has 0 fully saturated rings. The summed E-state index contributed by atoms with van der Waals surface area (Å²) >= 11 is 0. The second-order valence-electron chi connectivity index (χ2n) is 4.28. The van der Waals surface area contributed by atoms with E-state index >= 15 is 0 Å². The van der Waals surface area contributed by atoms with Crippen LogP contribution in [-0.2, 0) is 13.6 Å². The highest BCUT2D eigenvalue weighted by atomic mass is 16.3. The molecule has 0 aliphatic heterocycles. The first-order valence-electron chi connectivity index (χ1n) is 4.75. The highest BCUT2D eigenvalue weighted by Gasteiger charge is 2.23. The highest BCUT2D eigenvalue weighted by Crippen LogP contribution is 2.13. The Balaban J connectivity index is 2.66. The van der Waals surface area contributed by atoms with Crippen molar-refractivity contribution in [2.45, 2.75) is 25.9 Å². The SMILES string of the molecule is CN(Cc1nccn1C)C(C)(C)CO. The van der Waals surface area contributed by atoms with Crippen molar-refractivity contribution < 1.29 is 5.11 Å². The predicted octanol–water partition coefficient (Wildman–Crippen LogP) is 0.623. The molecule has 1 rings (SSSR count). The van der Waals surface area contributed by atoms with Crippen molar-refractivity contribution in [2.24, 2.45) is 7.05 Å². The topological polar surface area (TPSA) is 41.3 Å². The van der Waals surface area contributed by atoms with Crippen molar-refractivity contribution in [3.05, 3.63) is 18.2 Å². The third-order valence-electron chi connectivity index (χ3n) is 2.72. The average Bonchev–Trinajstić information content (AvgIpc) is 2.52. The number of aliphatic hydroxyl groups excluding tert-OH is 1. The van der Waals surface area contributed by atoms with Crippen molar-refractivity contribution in [3.63, 3.8) is 0 Å². The minimum absolute atomic E-state index is 0.147. The van der Waals surface area contributed by atoms with Gasteiger partial charge in [-0.25, -0.2) is 4.98 Å². The minimum atomic E-state index is -0.202. The Morgan fingerprint density at radius 3 is 2.64 bits per heavy atom. The van der Waals surface area contributed by atoms with E-state index in [0.29, 0.717) is 0 Å². The van der Waals surface area contributed by atoms with E-state index < -0.39 is 0 Å². The highest BCUT2D eigenvalue weighted by molar-refractivity contribution is 4.92. The van der Waals surface area contributed by atoms with E-state index in [2.05, 4.69) is 9.88 Å². The van der Waals surface area contributed by atoms with Crippen LogP contribution in [0.15, 0.2) is 12.4 Å². The number of hydrogen-bond acceptors (Lipinski definition) is 3. The largest absolute Gasteiger partial charge is 0.394 e. The van der Waals surface area contributed by atoms with Gasteiger partial charge in [0, 0.05) is 25.0 Å². The summed E-state index contributed by atoms with van der Waals surface area (Å²) in [6.07, 6.45) is 3.71. The first kappa shape index (κ1) is 11.2. The van der Waals surface area contributed by atoms with Crippen LogP contribution in [0.5, 0.6) is 0 Å². The summed E-state index contributed by atoms with van der Waals surface area (Å²) in [5.74, 6) is 1.01. The van der Waals surface area contributed by atoms with Crippen molar-refractivity contribution >= 4 is 0 Å². The summed E-state index contributed by atoms with van der Waals surface area (Å²) in [7, 11) is 3.97. The van der Waals surface area contributed by atoms with Gasteiger partial charge in [-0.3, -0.25) is 4.90 Å². The summed E-state index contributed by atoms with van der Waals surface area (Å²) in [6.45, 7) is 4.91. The van der Waals surface area contributed by atoms with Gasteiger partial charge in [0.15, 0.2) is 0 Å². The predicted molar refractivity (Wildman–Crippen MR) is 55.8 cm³/mol. The molecule has 0 bridgehead atoms. The van der Waals surface area contributed by atoms with Crippen LogP contribution < -0.4 is 0 Å². The first-order chi connectivity index (χ1) is 6.47. The third kappa shape index (κ3) is 2.33. The zero-order valence-electron chi connectivity index (χ0n) is 9.36. The van der Waals surface area contributed by atoms with Crippen LogP contribution in [0.4, 0.5) is 0 Å². The van der Waals surface area contributed by atoms with E-state index in [-0.39, 0.29) is 12.1 Å². The Labute approximate surface area is 85.2 Å². The quantitative estimate of drug-likeness (QED) is 0.769. The van der Waals surface area contributed by atoms with Gasteiger partial charge in [0.2, 0.25) is 0 Å². The average molecular weight is 197 g/mol. The Morgan fingerprint density at radius 1 is 1.57 bits per heavy atom. The van der Waals surface area contributed by atoms with Gasteiger partial charge in [0.1, 0.15) is 5.82 Å². The molecule has 1 N–H and O–H groups in total. The molecule has 4 heteroatoms. The molecule has 0 saturated carbocycles. The van der Waals surface area contributed by atoms with Crippen molar-refractivity contribution in [1.82, 2.24) is 14.5 Å². The maximum atomic E-state index is 9.19. The lowest BCUT2D eigenvalue weighted by Crippen LogP contribution is -2.44. The minimum Gasteiger partial charge on any atom is -0.394 e. The van der Waals surface area contributed by atoms with Crippen LogP contribution in [0.25, 0.3) is 0 Å². The summed E-state index contributed by atoms with van der Waals surface area (Å²) in [4.78, 5) is 6.34. The Morgan fingerprint density at radius 2 is 2.21 bits per heavy atom. The van der Waals surface area contributed by atoms with Gasteiger partial charge in [-0.2, -0.15) is 0 Å². The molecule has 14 heavy (non-hydrogen) atoms. The summed E-state index contributed by atoms with van der Waals surface area (Å²) < 4.78 is 1.99. The van der Waals surface area contributed by atoms with Gasteiger partial charge in [0.25, 0.3) is 0 Å². The fraction of sp³-hybridized carbons (Fsp3) is 0.700. The summed E-state index contributed by atoms with van der Waals surface area (Å²) in [6, 6.07) is 0. The van der Waals surface area contributed by atoms with Crippen LogP contribution >= 0.6 is 0 Å². The van der Waals surface area contributed by atoms with Crippen molar-refractivity contribution in [1.29, 1.82) is 0 Å². The molecule has 0 aliphatic carbocycles. The molecule has 0 atom stereocenters. The van der Waals surface area contributed by atoms with Gasteiger partial charge in [-0.05, 0) is 20.9 Å². The molecule has 0 spiro atoms. The van der Waals surface area contributed by atoms with Crippen LogP contribution in [0.3, 0.4) is 0 Å². The monoisotopic (exact) mass is 197 g/mol. The lowest BCUT2D eigenvalue weighted by Gasteiger charge is -2.33. The fourth-order valence-electron chi connectivity index (χ4n) is 1.10. The summed E-state index contributed by atoms with van der Waals surface area (Å²) in [5, 5.41) is 9.19. The Bertz CT molecular complexity index is 293. The van der Waals surface area contributed by atoms with E-state index in [1.165, 1.54) is 0 Å². The van der Waals surface area contributed by atoms with Crippen molar-refractivity contribution in [3.8, 4) is 0 Å². The van der Waals surface area contributed by atoms with E-state index in [1.54, 1.807) is 6.20 Å². The molecule has 1 heterocycles. The van der Waals surface area contributed by atoms with Crippen LogP contribution in [0, 0.1) is 0 Å². The molecule has 1 aromatic heterocycles. The smallest absolute Gasteiger partial charge is 0.122 e. The number of rotatable bonds is 4. The second kappa shape index (κ2) is 4.11. The summed E-state index contributed by atoms with van der Waals surface area (Å²) in [5.41, 5.74) is -0.202. The van der Waals surface area contributed by atoms with Crippen LogP contribution in [0.2, 0.25) is 0 Å². The van der Waals surface area contributed by atoms with E-state index in [4.69, 9.17) is 0 Å². The third-order valence-corrected chi connectivity index (χ3v) is 2.72. The van der Waals surface area contributed by atoms with E-state index in [0.717, 1.165) is 12.4 Å². The lowest BCUT2D eigenvalue weighted by atomic mass is 10.1. The number of aryl methyl sites for hydroxylation is 1. The van der Waals surface area contributed by atoms with Crippen LogP contribution in [-0.4, -0.2) is 38.8 Å². The standard InChI is InChI=1S/C10H19N3O/c1-10(2,8-14)13(4)7-9-11-5-6-12(9)3/h5-6,14H,7-8H2,1-4H3. The first-order valence-corrected chi connectivity index (χ1v) is 4.75. The zero-order valence-corrected chi connectivity index (χ0v) is 9.36. The molecule has 4 nitrogen and oxygen atoms in total. The van der Waals surface area contributed by atoms with Gasteiger partial charge in [0.05, 0.1) is 13.2 Å². The molecule has 80 valence electrons. The molecule has 0 radical (unpaired) electrons. The molecule has 0 amide bonds. The second-order valence-corrected chi connectivity index (χ2v) is 4.28. The number of aromatic nitrogens is 2. The maximum Gasteiger partial charge on any atom is 0.122 e. The van der Waals surface area contributed by atoms with Crippen LogP contribution in [0.1, 0.15) is 19.7 Å². The maximum absolute atomic E-state index is 9.19. The molecule has 0 saturated heterocycles. The van der Waals surface area contributed by atoms with Gasteiger partial charge in [-0.15, -0.1) is 0 Å². The zero-order chi connectivity index (χ0) is 10.8. The Hall–Kier alpha value is -0.870.